The zero-order chi connectivity index (χ0) is 25.2. The van der Waals surface area contributed by atoms with Crippen molar-refractivity contribution in [2.45, 2.75) is 19.9 Å². The number of benzene rings is 1. The molecule has 36 heavy (non-hydrogen) atoms. The van der Waals surface area contributed by atoms with Gasteiger partial charge in [0, 0.05) is 53.9 Å². The molecule has 0 fully saturated rings. The first-order valence-electron chi connectivity index (χ1n) is 11.5. The Hall–Kier alpha value is -4.60. The molecule has 1 aromatic carbocycles. The molecule has 0 atom stereocenters. The highest BCUT2D eigenvalue weighted by atomic mass is 19.1. The second-order valence-corrected chi connectivity index (χ2v) is 8.43. The number of amides is 1. The number of pyridine rings is 2. The Morgan fingerprint density at radius 2 is 2.06 bits per heavy atom. The Bertz CT molecular complexity index is 1510. The van der Waals surface area contributed by atoms with Crippen LogP contribution in [0.15, 0.2) is 59.7 Å². The molecule has 5 rings (SSSR count). The quantitative estimate of drug-likeness (QED) is 0.316. The summed E-state index contributed by atoms with van der Waals surface area (Å²) in [6.45, 7) is 2.64. The van der Waals surface area contributed by atoms with E-state index in [0.717, 1.165) is 5.69 Å². The van der Waals surface area contributed by atoms with Crippen LogP contribution in [-0.2, 0) is 13.0 Å². The number of rotatable bonds is 7. The third-order valence-corrected chi connectivity index (χ3v) is 6.17. The number of nitrogen functional groups attached to an aromatic ring is 1. The van der Waals surface area contributed by atoms with E-state index in [1.807, 2.05) is 0 Å². The van der Waals surface area contributed by atoms with Crippen molar-refractivity contribution in [3.63, 3.8) is 0 Å². The van der Waals surface area contributed by atoms with Crippen molar-refractivity contribution in [1.29, 1.82) is 0 Å². The van der Waals surface area contributed by atoms with Crippen LogP contribution >= 0.6 is 0 Å². The van der Waals surface area contributed by atoms with Crippen molar-refractivity contribution < 1.29 is 13.9 Å². The molecular formula is C26H25FN6O3. The lowest BCUT2D eigenvalue weighted by Gasteiger charge is -2.17. The number of halogens is 1. The molecule has 0 radical (unpaired) electrons. The Morgan fingerprint density at radius 1 is 1.19 bits per heavy atom. The number of ether oxygens (including phenoxy) is 1. The van der Waals surface area contributed by atoms with Gasteiger partial charge in [0.15, 0.2) is 11.6 Å². The number of nitrogens with one attached hydrogen (secondary N) is 3. The van der Waals surface area contributed by atoms with Crippen molar-refractivity contribution in [2.75, 3.05) is 24.2 Å². The number of carbonyl (C=O) groups is 1. The van der Waals surface area contributed by atoms with Crippen molar-refractivity contribution in [1.82, 2.24) is 19.9 Å². The van der Waals surface area contributed by atoms with Crippen LogP contribution in [0.1, 0.15) is 21.6 Å². The lowest BCUT2D eigenvalue weighted by atomic mass is 10.0. The number of anilines is 3. The average Bonchev–Trinajstić information content (AvgIpc) is 3.23. The minimum absolute atomic E-state index is 0.138. The van der Waals surface area contributed by atoms with E-state index >= 15 is 0 Å². The number of H-pyrrole nitrogens is 1. The molecule has 1 aliphatic rings. The smallest absolute Gasteiger partial charge is 0.255 e. The number of aromatic amines is 1. The average molecular weight is 489 g/mol. The van der Waals surface area contributed by atoms with Gasteiger partial charge >= 0.3 is 0 Å². The van der Waals surface area contributed by atoms with Crippen LogP contribution < -0.4 is 26.7 Å². The molecule has 0 saturated heterocycles. The molecule has 5 N–H and O–H groups in total. The Kier molecular flexibility index (Phi) is 6.16. The summed E-state index contributed by atoms with van der Waals surface area (Å²) in [7, 11) is 0. The second kappa shape index (κ2) is 9.57. The molecule has 1 amide bonds. The van der Waals surface area contributed by atoms with Crippen molar-refractivity contribution in [3.05, 3.63) is 87.9 Å². The van der Waals surface area contributed by atoms with Crippen LogP contribution in [0, 0.1) is 12.7 Å². The van der Waals surface area contributed by atoms with Crippen LogP contribution in [0.3, 0.4) is 0 Å². The molecule has 3 aromatic heterocycles. The maximum Gasteiger partial charge on any atom is 0.255 e. The second-order valence-electron chi connectivity index (χ2n) is 8.43. The fourth-order valence-corrected chi connectivity index (χ4v) is 4.29. The largest absolute Gasteiger partial charge is 0.487 e. The minimum Gasteiger partial charge on any atom is -0.487 e. The van der Waals surface area contributed by atoms with Crippen molar-refractivity contribution in [2.24, 2.45) is 0 Å². The van der Waals surface area contributed by atoms with Crippen molar-refractivity contribution in [3.8, 4) is 17.0 Å². The first-order chi connectivity index (χ1) is 17.4. The summed E-state index contributed by atoms with van der Waals surface area (Å²) in [6.07, 6.45) is 3.84. The summed E-state index contributed by atoms with van der Waals surface area (Å²) in [5, 5.41) is 6.13. The van der Waals surface area contributed by atoms with Gasteiger partial charge in [-0.1, -0.05) is 12.1 Å². The summed E-state index contributed by atoms with van der Waals surface area (Å²) >= 11 is 0. The van der Waals surface area contributed by atoms with E-state index in [1.54, 1.807) is 49.6 Å². The Labute approximate surface area is 206 Å². The molecule has 0 bridgehead atoms. The normalized spacial score (nSPS) is 12.7. The molecule has 0 unspecified atom stereocenters. The highest BCUT2D eigenvalue weighted by molar-refractivity contribution is 6.06. The van der Waals surface area contributed by atoms with Gasteiger partial charge in [-0.2, -0.15) is 0 Å². The summed E-state index contributed by atoms with van der Waals surface area (Å²) in [4.78, 5) is 32.4. The molecule has 4 heterocycles. The highest BCUT2D eigenvalue weighted by Gasteiger charge is 2.29. The van der Waals surface area contributed by atoms with E-state index in [-0.39, 0.29) is 29.7 Å². The van der Waals surface area contributed by atoms with Crippen LogP contribution in [0.5, 0.6) is 5.75 Å². The SMILES string of the molecule is Cc1c(F)cccc1Nc1c(-c2ccnc(N)c2OCCn2ccccc2=O)[nH]c2c1C(=O)NCC2. The number of hydrogen-bond donors (Lipinski definition) is 4. The predicted octanol–water partition coefficient (Wildman–Crippen LogP) is 3.38. The van der Waals surface area contributed by atoms with Gasteiger partial charge in [0.05, 0.1) is 23.5 Å². The third-order valence-electron chi connectivity index (χ3n) is 6.17. The summed E-state index contributed by atoms with van der Waals surface area (Å²) < 4.78 is 21.8. The van der Waals surface area contributed by atoms with Gasteiger partial charge in [0.2, 0.25) is 0 Å². The van der Waals surface area contributed by atoms with E-state index in [2.05, 4.69) is 20.6 Å². The van der Waals surface area contributed by atoms with Crippen LogP contribution in [-0.4, -0.2) is 33.6 Å². The number of nitrogens with zero attached hydrogens (tertiary/aromatic N) is 2. The fourth-order valence-electron chi connectivity index (χ4n) is 4.29. The number of aromatic nitrogens is 3. The summed E-state index contributed by atoms with van der Waals surface area (Å²) in [6, 6.07) is 11.4. The zero-order valence-corrected chi connectivity index (χ0v) is 19.6. The number of hydrogen-bond acceptors (Lipinski definition) is 6. The molecule has 0 spiro atoms. The van der Waals surface area contributed by atoms with Gasteiger partial charge in [-0.3, -0.25) is 9.59 Å². The molecule has 184 valence electrons. The lowest BCUT2D eigenvalue weighted by Crippen LogP contribution is -2.31. The summed E-state index contributed by atoms with van der Waals surface area (Å²) in [5.74, 6) is -0.107. The molecule has 9 nitrogen and oxygen atoms in total. The third kappa shape index (κ3) is 4.28. The van der Waals surface area contributed by atoms with E-state index in [4.69, 9.17) is 10.5 Å². The molecule has 10 heteroatoms. The standard InChI is InChI=1S/C26H25FN6O3/c1-15-17(27)5-4-6-18(15)31-23-21-19(9-11-30-26(21)35)32-22(23)16-8-10-29-25(28)24(16)36-14-13-33-12-3-2-7-20(33)34/h2-8,10,12,31-32H,9,11,13-14H2,1H3,(H2,28,29)(H,30,35). The zero-order valence-electron chi connectivity index (χ0n) is 19.6. The van der Waals surface area contributed by atoms with E-state index < -0.39 is 0 Å². The van der Waals surface area contributed by atoms with Gasteiger partial charge in [0.25, 0.3) is 11.5 Å². The first kappa shape index (κ1) is 23.2. The van der Waals surface area contributed by atoms with Crippen LogP contribution in [0.2, 0.25) is 0 Å². The van der Waals surface area contributed by atoms with E-state index in [1.165, 1.54) is 16.7 Å². The monoisotopic (exact) mass is 488 g/mol. The van der Waals surface area contributed by atoms with Crippen LogP contribution in [0.25, 0.3) is 11.3 Å². The minimum atomic E-state index is -0.358. The number of nitrogens with two attached hydrogens (primary N) is 1. The maximum absolute atomic E-state index is 14.3. The Morgan fingerprint density at radius 3 is 2.89 bits per heavy atom. The van der Waals surface area contributed by atoms with Crippen LogP contribution in [0.4, 0.5) is 21.6 Å². The lowest BCUT2D eigenvalue weighted by molar-refractivity contribution is 0.0947. The molecule has 0 aliphatic carbocycles. The molecule has 1 aliphatic heterocycles. The number of fused-ring (bicyclic) bond motifs is 1. The highest BCUT2D eigenvalue weighted by Crippen LogP contribution is 2.42. The van der Waals surface area contributed by atoms with Gasteiger partial charge < -0.3 is 30.7 Å². The van der Waals surface area contributed by atoms with Gasteiger partial charge in [0.1, 0.15) is 12.4 Å². The van der Waals surface area contributed by atoms with Gasteiger partial charge in [-0.25, -0.2) is 9.37 Å². The van der Waals surface area contributed by atoms with Crippen molar-refractivity contribution >= 4 is 23.1 Å². The predicted molar refractivity (Wildman–Crippen MR) is 135 cm³/mol. The maximum atomic E-state index is 14.3. The molecular weight excluding hydrogens is 463 g/mol. The topological polar surface area (TPSA) is 127 Å². The van der Waals surface area contributed by atoms with Gasteiger partial charge in [-0.05, 0) is 31.2 Å². The Balaban J connectivity index is 1.56. The first-order valence-corrected chi connectivity index (χ1v) is 11.5. The van der Waals surface area contributed by atoms with E-state index in [0.29, 0.717) is 59.0 Å². The van der Waals surface area contributed by atoms with Gasteiger partial charge in [-0.15, -0.1) is 0 Å². The molecule has 4 aromatic rings. The number of carbonyl (C=O) groups excluding carboxylic acids is 1. The molecule has 0 saturated carbocycles. The summed E-state index contributed by atoms with van der Waals surface area (Å²) in [5.41, 5.74) is 9.87. The van der Waals surface area contributed by atoms with E-state index in [9.17, 15) is 14.0 Å². The fraction of sp³-hybridized carbons (Fsp3) is 0.192.